The van der Waals surface area contributed by atoms with Crippen LogP contribution in [0.15, 0.2) is 28.3 Å². The summed E-state index contributed by atoms with van der Waals surface area (Å²) >= 11 is 13.2. The second-order valence-corrected chi connectivity index (χ2v) is 12.1. The molecule has 0 amide bonds. The zero-order chi connectivity index (χ0) is 26.9. The van der Waals surface area contributed by atoms with Crippen molar-refractivity contribution in [1.82, 2.24) is 24.1 Å². The van der Waals surface area contributed by atoms with Crippen molar-refractivity contribution in [2.24, 2.45) is 0 Å². The number of piperazine rings is 1. The van der Waals surface area contributed by atoms with Gasteiger partial charge in [-0.2, -0.15) is 4.98 Å². The van der Waals surface area contributed by atoms with Crippen molar-refractivity contribution >= 4 is 53.5 Å². The average molecular weight is 588 g/mol. The second kappa shape index (κ2) is 11.4. The third-order valence-electron chi connectivity index (χ3n) is 6.24. The fourth-order valence-corrected chi connectivity index (χ4v) is 5.70. The summed E-state index contributed by atoms with van der Waals surface area (Å²) in [6, 6.07) is 3.11. The summed E-state index contributed by atoms with van der Waals surface area (Å²) in [5, 5.41) is 0.421. The summed E-state index contributed by atoms with van der Waals surface area (Å²) < 4.78 is 38.7. The first kappa shape index (κ1) is 28.0. The molecule has 4 rings (SSSR count). The molecule has 1 atom stereocenters. The lowest BCUT2D eigenvalue weighted by Gasteiger charge is -2.32. The van der Waals surface area contributed by atoms with Crippen LogP contribution in [-0.2, 0) is 16.4 Å². The molecule has 0 N–H and O–H groups in total. The lowest BCUT2D eigenvalue weighted by atomic mass is 10.0. The lowest BCUT2D eigenvalue weighted by Crippen LogP contribution is -2.42. The van der Waals surface area contributed by atoms with Crippen LogP contribution in [0.5, 0.6) is 11.5 Å². The van der Waals surface area contributed by atoms with E-state index in [4.69, 9.17) is 32.7 Å². The number of benzene rings is 1. The van der Waals surface area contributed by atoms with E-state index in [1.807, 2.05) is 0 Å². The van der Waals surface area contributed by atoms with Crippen molar-refractivity contribution in [2.75, 3.05) is 53.2 Å². The first-order valence-corrected chi connectivity index (χ1v) is 14.6. The molecule has 14 heteroatoms. The minimum absolute atomic E-state index is 0.153. The first-order valence-electron chi connectivity index (χ1n) is 11.5. The molecule has 1 aliphatic rings. The number of ether oxygens (including phenoxy) is 2. The molecule has 0 aliphatic carbocycles. The highest BCUT2D eigenvalue weighted by Gasteiger charge is 2.24. The Morgan fingerprint density at radius 1 is 1.03 bits per heavy atom. The third kappa shape index (κ3) is 5.87. The van der Waals surface area contributed by atoms with Gasteiger partial charge in [0.25, 0.3) is 5.56 Å². The maximum absolute atomic E-state index is 13.9. The third-order valence-corrected chi connectivity index (χ3v) is 8.37. The molecule has 2 aromatic heterocycles. The standard InChI is InChI=1S/C23H28Cl2N5O5PS/c1-34-16-12-17(35-2)20(25)18(19(16)24)15-11-14-13-26-23(37(3,32)33)27-21(14)30(22(15)31)6-4-5-28-7-9-29(36)10-8-28/h11-13H,4-10,36H2,1-3H3. The van der Waals surface area contributed by atoms with Crippen molar-refractivity contribution < 1.29 is 17.9 Å². The van der Waals surface area contributed by atoms with Crippen LogP contribution in [0.2, 0.25) is 10.0 Å². The number of hydrogen-bond donors (Lipinski definition) is 0. The van der Waals surface area contributed by atoms with Crippen molar-refractivity contribution in [3.05, 3.63) is 38.7 Å². The molecule has 0 saturated carbocycles. The van der Waals surface area contributed by atoms with Crippen LogP contribution in [0.4, 0.5) is 0 Å². The van der Waals surface area contributed by atoms with Gasteiger partial charge in [0.05, 0.1) is 29.8 Å². The highest BCUT2D eigenvalue weighted by atomic mass is 35.5. The molecule has 3 heterocycles. The number of rotatable bonds is 8. The number of sulfone groups is 1. The predicted molar refractivity (Wildman–Crippen MR) is 148 cm³/mol. The Bertz CT molecular complexity index is 1470. The number of aromatic nitrogens is 3. The van der Waals surface area contributed by atoms with Crippen molar-refractivity contribution in [2.45, 2.75) is 18.1 Å². The van der Waals surface area contributed by atoms with E-state index in [1.54, 1.807) is 12.1 Å². The molecule has 1 unspecified atom stereocenters. The highest BCUT2D eigenvalue weighted by molar-refractivity contribution is 7.90. The smallest absolute Gasteiger partial charge is 0.260 e. The fourth-order valence-electron chi connectivity index (χ4n) is 4.27. The normalized spacial score (nSPS) is 15.3. The monoisotopic (exact) mass is 587 g/mol. The molecular weight excluding hydrogens is 560 g/mol. The summed E-state index contributed by atoms with van der Waals surface area (Å²) in [4.78, 5) is 24.5. The van der Waals surface area contributed by atoms with E-state index in [0.29, 0.717) is 29.9 Å². The zero-order valence-electron chi connectivity index (χ0n) is 20.7. The van der Waals surface area contributed by atoms with Crippen LogP contribution in [0.1, 0.15) is 6.42 Å². The van der Waals surface area contributed by atoms with Crippen molar-refractivity contribution in [3.63, 3.8) is 0 Å². The molecule has 10 nitrogen and oxygen atoms in total. The predicted octanol–water partition coefficient (Wildman–Crippen LogP) is 2.98. The number of methoxy groups -OCH3 is 2. The first-order chi connectivity index (χ1) is 17.5. The summed E-state index contributed by atoms with van der Waals surface area (Å²) in [6.07, 6.45) is 3.06. The van der Waals surface area contributed by atoms with E-state index in [2.05, 4.69) is 28.9 Å². The van der Waals surface area contributed by atoms with E-state index >= 15 is 0 Å². The maximum atomic E-state index is 13.9. The molecule has 0 spiro atoms. The Balaban J connectivity index is 1.86. The van der Waals surface area contributed by atoms with Gasteiger partial charge in [-0.3, -0.25) is 14.0 Å². The maximum Gasteiger partial charge on any atom is 0.260 e. The highest BCUT2D eigenvalue weighted by Crippen LogP contribution is 2.45. The van der Waals surface area contributed by atoms with Crippen LogP contribution in [0.3, 0.4) is 0 Å². The van der Waals surface area contributed by atoms with Gasteiger partial charge < -0.3 is 14.4 Å². The molecule has 1 saturated heterocycles. The van der Waals surface area contributed by atoms with Gasteiger partial charge in [-0.05, 0) is 19.0 Å². The molecule has 0 radical (unpaired) electrons. The van der Waals surface area contributed by atoms with Gasteiger partial charge in [-0.15, -0.1) is 0 Å². The van der Waals surface area contributed by atoms with Crippen molar-refractivity contribution in [3.8, 4) is 22.6 Å². The molecule has 1 aliphatic heterocycles. The minimum atomic E-state index is -3.69. The van der Waals surface area contributed by atoms with Gasteiger partial charge in [-0.1, -0.05) is 32.6 Å². The number of pyridine rings is 1. The Labute approximate surface area is 227 Å². The summed E-state index contributed by atoms with van der Waals surface area (Å²) in [5.41, 5.74) is 0.261. The fraction of sp³-hybridized carbons (Fsp3) is 0.435. The Morgan fingerprint density at radius 2 is 1.65 bits per heavy atom. The quantitative estimate of drug-likeness (QED) is 0.290. The van der Waals surface area contributed by atoms with E-state index in [-0.39, 0.29) is 32.0 Å². The number of aryl methyl sites for hydroxylation is 1. The van der Waals surface area contributed by atoms with Gasteiger partial charge in [0, 0.05) is 62.2 Å². The van der Waals surface area contributed by atoms with Crippen LogP contribution in [0.25, 0.3) is 22.2 Å². The minimum Gasteiger partial charge on any atom is -0.495 e. The van der Waals surface area contributed by atoms with Gasteiger partial charge in [0.2, 0.25) is 15.0 Å². The van der Waals surface area contributed by atoms with Gasteiger partial charge in [0.15, 0.2) is 0 Å². The number of halogens is 2. The van der Waals surface area contributed by atoms with E-state index < -0.39 is 15.4 Å². The summed E-state index contributed by atoms with van der Waals surface area (Å²) in [5.74, 6) is 0.585. The zero-order valence-corrected chi connectivity index (χ0v) is 24.2. The largest absolute Gasteiger partial charge is 0.495 e. The van der Waals surface area contributed by atoms with Gasteiger partial charge >= 0.3 is 0 Å². The molecule has 37 heavy (non-hydrogen) atoms. The number of fused-ring (bicyclic) bond motifs is 1. The van der Waals surface area contributed by atoms with Gasteiger partial charge in [0.1, 0.15) is 17.1 Å². The summed E-state index contributed by atoms with van der Waals surface area (Å²) in [6.45, 7) is 4.82. The Hall–Kier alpha value is -2.01. The molecule has 3 aromatic rings. The van der Waals surface area contributed by atoms with E-state index in [1.165, 1.54) is 25.0 Å². The van der Waals surface area contributed by atoms with E-state index in [0.717, 1.165) is 39.0 Å². The second-order valence-electron chi connectivity index (χ2n) is 8.73. The van der Waals surface area contributed by atoms with Crippen LogP contribution >= 0.6 is 32.6 Å². The molecule has 1 aromatic carbocycles. The molecule has 0 bridgehead atoms. The average Bonchev–Trinajstić information content (AvgIpc) is 2.86. The molecule has 200 valence electrons. The number of hydrogen-bond acceptors (Lipinski definition) is 9. The molecular formula is C23H28Cl2N5O5PS. The topological polar surface area (TPSA) is 107 Å². The van der Waals surface area contributed by atoms with Crippen molar-refractivity contribution in [1.29, 1.82) is 0 Å². The van der Waals surface area contributed by atoms with Crippen LogP contribution in [0, 0.1) is 0 Å². The SMILES string of the molecule is COc1cc(OC)c(Cl)c(-c2cc3cnc(S(C)(=O)=O)nc3n(CCCN3CCN(P)CC3)c2=O)c1Cl. The van der Waals surface area contributed by atoms with Gasteiger partial charge in [-0.25, -0.2) is 13.4 Å². The Kier molecular flexibility index (Phi) is 8.62. The van der Waals surface area contributed by atoms with E-state index in [9.17, 15) is 13.2 Å². The Morgan fingerprint density at radius 3 is 2.22 bits per heavy atom. The van der Waals surface area contributed by atoms with Crippen LogP contribution in [-0.4, -0.2) is 85.7 Å². The number of nitrogens with zero attached hydrogens (tertiary/aromatic N) is 5. The molecule has 1 fully saturated rings. The van der Waals surface area contributed by atoms with Crippen LogP contribution < -0.4 is 15.0 Å². The lowest BCUT2D eigenvalue weighted by molar-refractivity contribution is 0.191. The summed E-state index contributed by atoms with van der Waals surface area (Å²) in [7, 11) is 1.94.